The molecule has 0 aliphatic heterocycles. The summed E-state index contributed by atoms with van der Waals surface area (Å²) in [6.45, 7) is 0.437. The first-order chi connectivity index (χ1) is 6.50. The molecule has 3 nitrogen and oxygen atoms in total. The van der Waals surface area contributed by atoms with Crippen molar-refractivity contribution in [2.75, 3.05) is 14.1 Å². The highest BCUT2D eigenvalue weighted by Crippen LogP contribution is 2.06. The summed E-state index contributed by atoms with van der Waals surface area (Å²) in [6.07, 6.45) is 0. The molecule has 2 N–H and O–H groups in total. The van der Waals surface area contributed by atoms with Gasteiger partial charge in [-0.3, -0.25) is 0 Å². The molecule has 1 aromatic rings. The van der Waals surface area contributed by atoms with Crippen LogP contribution < -0.4 is 5.46 Å². The quantitative estimate of drug-likeness (QED) is 0.722. The Balaban J connectivity index is 0.00000196. The van der Waals surface area contributed by atoms with Crippen LogP contribution in [0.25, 0.3) is 0 Å². The third-order valence-corrected chi connectivity index (χ3v) is 1.85. The molecule has 0 aliphatic rings. The molecule has 0 amide bonds. The maximum atomic E-state index is 13.2. The van der Waals surface area contributed by atoms with Crippen molar-refractivity contribution in [1.29, 1.82) is 0 Å². The summed E-state index contributed by atoms with van der Waals surface area (Å²) in [6, 6.07) is 4.06. The van der Waals surface area contributed by atoms with E-state index in [1.54, 1.807) is 0 Å². The summed E-state index contributed by atoms with van der Waals surface area (Å²) in [4.78, 5) is 1.81. The van der Waals surface area contributed by atoms with E-state index in [1.165, 1.54) is 18.2 Å². The van der Waals surface area contributed by atoms with Crippen molar-refractivity contribution in [3.05, 3.63) is 29.6 Å². The van der Waals surface area contributed by atoms with Crippen LogP contribution in [0.3, 0.4) is 0 Å². The Morgan fingerprint density at radius 3 is 2.40 bits per heavy atom. The second kappa shape index (κ2) is 6.07. The van der Waals surface area contributed by atoms with Gasteiger partial charge < -0.3 is 14.9 Å². The molecule has 0 atom stereocenters. The molecule has 0 saturated carbocycles. The molecule has 0 fully saturated rings. The average molecular weight is 233 g/mol. The zero-order valence-electron chi connectivity index (χ0n) is 8.64. The van der Waals surface area contributed by atoms with Gasteiger partial charge in [-0.05, 0) is 25.6 Å². The SMILES string of the molecule is CN(C)Cc1cc(B(O)O)ccc1F.Cl. The summed E-state index contributed by atoms with van der Waals surface area (Å²) in [7, 11) is 2.10. The summed E-state index contributed by atoms with van der Waals surface area (Å²) >= 11 is 0. The lowest BCUT2D eigenvalue weighted by Crippen LogP contribution is -2.30. The van der Waals surface area contributed by atoms with Gasteiger partial charge in [0.25, 0.3) is 0 Å². The van der Waals surface area contributed by atoms with E-state index in [4.69, 9.17) is 10.0 Å². The van der Waals surface area contributed by atoms with Crippen molar-refractivity contribution in [2.24, 2.45) is 0 Å². The van der Waals surface area contributed by atoms with Crippen LogP contribution in [0.5, 0.6) is 0 Å². The molecule has 0 aliphatic carbocycles. The maximum absolute atomic E-state index is 13.2. The lowest BCUT2D eigenvalue weighted by molar-refractivity contribution is 0.392. The highest BCUT2D eigenvalue weighted by Gasteiger charge is 2.13. The fourth-order valence-corrected chi connectivity index (χ4v) is 1.22. The Hall–Kier alpha value is -0.615. The van der Waals surface area contributed by atoms with E-state index in [0.717, 1.165) is 0 Å². The van der Waals surface area contributed by atoms with E-state index in [2.05, 4.69) is 0 Å². The van der Waals surface area contributed by atoms with Crippen molar-refractivity contribution < 1.29 is 14.4 Å². The molecular formula is C9H14BClFNO2. The zero-order chi connectivity index (χ0) is 10.7. The molecule has 1 rings (SSSR count). The topological polar surface area (TPSA) is 43.7 Å². The number of benzene rings is 1. The first kappa shape index (κ1) is 14.4. The van der Waals surface area contributed by atoms with E-state index in [1.807, 2.05) is 19.0 Å². The van der Waals surface area contributed by atoms with Crippen LogP contribution in [0.4, 0.5) is 4.39 Å². The van der Waals surface area contributed by atoms with E-state index >= 15 is 0 Å². The molecule has 84 valence electrons. The first-order valence-electron chi connectivity index (χ1n) is 4.30. The van der Waals surface area contributed by atoms with Crippen LogP contribution in [-0.2, 0) is 6.54 Å². The van der Waals surface area contributed by atoms with Crippen LogP contribution in [0.15, 0.2) is 18.2 Å². The standard InChI is InChI=1S/C9H13BFNO2.ClH/c1-12(2)6-7-5-8(10(13)14)3-4-9(7)11;/h3-5,13-14H,6H2,1-2H3;1H. The maximum Gasteiger partial charge on any atom is 0.488 e. The zero-order valence-corrected chi connectivity index (χ0v) is 9.46. The van der Waals surface area contributed by atoms with E-state index in [-0.39, 0.29) is 18.2 Å². The van der Waals surface area contributed by atoms with Crippen molar-refractivity contribution in [3.63, 3.8) is 0 Å². The predicted molar refractivity (Wildman–Crippen MR) is 60.9 cm³/mol. The molecule has 1 aromatic carbocycles. The Bertz CT molecular complexity index is 323. The molecule has 0 aromatic heterocycles. The minimum absolute atomic E-state index is 0. The monoisotopic (exact) mass is 233 g/mol. The highest BCUT2D eigenvalue weighted by molar-refractivity contribution is 6.58. The predicted octanol–water partition coefficient (Wildman–Crippen LogP) is -0.0111. The molecule has 0 bridgehead atoms. The number of nitrogens with zero attached hydrogens (tertiary/aromatic N) is 1. The van der Waals surface area contributed by atoms with E-state index < -0.39 is 7.12 Å². The summed E-state index contributed by atoms with van der Waals surface area (Å²) in [5.74, 6) is -0.330. The van der Waals surface area contributed by atoms with Crippen LogP contribution in [0.2, 0.25) is 0 Å². The van der Waals surface area contributed by atoms with Gasteiger partial charge in [-0.25, -0.2) is 4.39 Å². The second-order valence-electron chi connectivity index (χ2n) is 3.46. The third kappa shape index (κ3) is 4.18. The fourth-order valence-electron chi connectivity index (χ4n) is 1.22. The van der Waals surface area contributed by atoms with Gasteiger partial charge in [-0.15, -0.1) is 12.4 Å². The van der Waals surface area contributed by atoms with Gasteiger partial charge in [0.2, 0.25) is 0 Å². The molecule has 15 heavy (non-hydrogen) atoms. The van der Waals surface area contributed by atoms with Crippen molar-refractivity contribution in [1.82, 2.24) is 4.90 Å². The molecule has 6 heteroatoms. The molecule has 0 heterocycles. The van der Waals surface area contributed by atoms with Crippen molar-refractivity contribution in [2.45, 2.75) is 6.54 Å². The Kier molecular flexibility index (Phi) is 5.83. The summed E-state index contributed by atoms with van der Waals surface area (Å²) < 4.78 is 13.2. The van der Waals surface area contributed by atoms with Crippen LogP contribution >= 0.6 is 12.4 Å². The van der Waals surface area contributed by atoms with Gasteiger partial charge in [-0.1, -0.05) is 12.1 Å². The van der Waals surface area contributed by atoms with Gasteiger partial charge in [0.05, 0.1) is 0 Å². The summed E-state index contributed by atoms with van der Waals surface area (Å²) in [5, 5.41) is 17.8. The largest absolute Gasteiger partial charge is 0.488 e. The number of hydrogen-bond donors (Lipinski definition) is 2. The molecule has 0 unspecified atom stereocenters. The molecule has 0 radical (unpaired) electrons. The molecule has 0 spiro atoms. The van der Waals surface area contributed by atoms with Gasteiger partial charge >= 0.3 is 7.12 Å². The fraction of sp³-hybridized carbons (Fsp3) is 0.333. The first-order valence-corrected chi connectivity index (χ1v) is 4.30. The Labute approximate surface area is 95.1 Å². The van der Waals surface area contributed by atoms with E-state index in [9.17, 15) is 4.39 Å². The van der Waals surface area contributed by atoms with Crippen LogP contribution in [0, 0.1) is 5.82 Å². The molecular weight excluding hydrogens is 219 g/mol. The van der Waals surface area contributed by atoms with Crippen molar-refractivity contribution in [3.8, 4) is 0 Å². The summed E-state index contributed by atoms with van der Waals surface area (Å²) in [5.41, 5.74) is 0.767. The number of halogens is 2. The Morgan fingerprint density at radius 2 is 1.93 bits per heavy atom. The minimum atomic E-state index is -1.54. The van der Waals surface area contributed by atoms with Crippen molar-refractivity contribution >= 4 is 25.0 Å². The lowest BCUT2D eigenvalue weighted by Gasteiger charge is -2.11. The van der Waals surface area contributed by atoms with Crippen LogP contribution in [0.1, 0.15) is 5.56 Å². The van der Waals surface area contributed by atoms with Crippen LogP contribution in [-0.4, -0.2) is 36.2 Å². The smallest absolute Gasteiger partial charge is 0.423 e. The van der Waals surface area contributed by atoms with Gasteiger partial charge in [0, 0.05) is 12.1 Å². The Morgan fingerprint density at radius 1 is 1.33 bits per heavy atom. The molecule has 0 saturated heterocycles. The van der Waals surface area contributed by atoms with Gasteiger partial charge in [-0.2, -0.15) is 0 Å². The third-order valence-electron chi connectivity index (χ3n) is 1.85. The van der Waals surface area contributed by atoms with Gasteiger partial charge in [0.15, 0.2) is 0 Å². The number of hydrogen-bond acceptors (Lipinski definition) is 3. The lowest BCUT2D eigenvalue weighted by atomic mass is 9.79. The number of rotatable bonds is 3. The normalized spacial score (nSPS) is 10.0. The minimum Gasteiger partial charge on any atom is -0.423 e. The van der Waals surface area contributed by atoms with E-state index in [0.29, 0.717) is 17.6 Å². The van der Waals surface area contributed by atoms with Gasteiger partial charge in [0.1, 0.15) is 5.82 Å². The average Bonchev–Trinajstić information content (AvgIpc) is 2.07. The highest BCUT2D eigenvalue weighted by atomic mass is 35.5. The second-order valence-corrected chi connectivity index (χ2v) is 3.46.